The molecule has 0 aliphatic rings. The van der Waals surface area contributed by atoms with Gasteiger partial charge in [-0.3, -0.25) is 4.79 Å². The number of carbonyl (C=O) groups is 2. The fourth-order valence-corrected chi connectivity index (χ4v) is 3.03. The number of esters is 1. The minimum Gasteiger partial charge on any atom is -0.423 e. The monoisotopic (exact) mass is 391 g/mol. The molecule has 3 aromatic rings. The molecular weight excluding hydrogens is 381 g/mol. The number of hydrogen-bond donors (Lipinski definition) is 1. The Morgan fingerprint density at radius 2 is 1.72 bits per heavy atom. The molecule has 0 radical (unpaired) electrons. The van der Waals surface area contributed by atoms with Gasteiger partial charge in [-0.1, -0.05) is 35.3 Å². The third-order valence-electron chi connectivity index (χ3n) is 3.24. The van der Waals surface area contributed by atoms with Crippen molar-refractivity contribution in [1.29, 1.82) is 0 Å². The van der Waals surface area contributed by atoms with E-state index < -0.39 is 5.97 Å². The molecule has 1 aromatic heterocycles. The number of hydrogen-bond acceptors (Lipinski definition) is 4. The van der Waals surface area contributed by atoms with E-state index in [2.05, 4.69) is 5.32 Å². The van der Waals surface area contributed by atoms with Crippen molar-refractivity contribution < 1.29 is 14.3 Å². The number of amides is 1. The number of carbonyl (C=O) groups excluding carboxylic acids is 2. The SMILES string of the molecule is O=C(Nc1ccc(OC(=O)c2cccc(Cl)c2Cl)cc1)c1cccs1. The Bertz CT molecular complexity index is 909. The molecule has 1 amide bonds. The lowest BCUT2D eigenvalue weighted by Crippen LogP contribution is -2.11. The maximum absolute atomic E-state index is 12.2. The predicted molar refractivity (Wildman–Crippen MR) is 100 cm³/mol. The smallest absolute Gasteiger partial charge is 0.345 e. The minimum atomic E-state index is -0.608. The van der Waals surface area contributed by atoms with E-state index in [9.17, 15) is 9.59 Å². The summed E-state index contributed by atoms with van der Waals surface area (Å²) < 4.78 is 5.28. The molecule has 0 unspecified atom stereocenters. The van der Waals surface area contributed by atoms with Crippen molar-refractivity contribution in [3.63, 3.8) is 0 Å². The highest BCUT2D eigenvalue weighted by Crippen LogP contribution is 2.27. The standard InChI is InChI=1S/C18H11Cl2NO3S/c19-14-4-1-3-13(16(14)20)18(23)24-12-8-6-11(7-9-12)21-17(22)15-5-2-10-25-15/h1-10H,(H,21,22). The zero-order valence-electron chi connectivity index (χ0n) is 12.7. The third kappa shape index (κ3) is 4.20. The first kappa shape index (κ1) is 17.5. The maximum atomic E-state index is 12.2. The van der Waals surface area contributed by atoms with Crippen LogP contribution in [0.15, 0.2) is 60.0 Å². The molecule has 25 heavy (non-hydrogen) atoms. The van der Waals surface area contributed by atoms with Crippen LogP contribution in [-0.2, 0) is 0 Å². The molecule has 0 aliphatic heterocycles. The van der Waals surface area contributed by atoms with E-state index >= 15 is 0 Å². The second-order valence-corrected chi connectivity index (χ2v) is 6.68. The third-order valence-corrected chi connectivity index (χ3v) is 4.93. The van der Waals surface area contributed by atoms with Crippen molar-refractivity contribution in [3.8, 4) is 5.75 Å². The lowest BCUT2D eigenvalue weighted by molar-refractivity contribution is 0.0734. The average Bonchev–Trinajstić information content (AvgIpc) is 3.14. The highest BCUT2D eigenvalue weighted by atomic mass is 35.5. The molecule has 0 bridgehead atoms. The number of nitrogens with one attached hydrogen (secondary N) is 1. The number of rotatable bonds is 4. The number of thiophene rings is 1. The summed E-state index contributed by atoms with van der Waals surface area (Å²) in [5, 5.41) is 5.02. The van der Waals surface area contributed by atoms with Gasteiger partial charge in [-0.2, -0.15) is 0 Å². The van der Waals surface area contributed by atoms with E-state index in [0.29, 0.717) is 16.3 Å². The van der Waals surface area contributed by atoms with Crippen molar-refractivity contribution >= 4 is 52.1 Å². The van der Waals surface area contributed by atoms with E-state index in [0.717, 1.165) is 0 Å². The Hall–Kier alpha value is -2.34. The summed E-state index contributed by atoms with van der Waals surface area (Å²) in [5.74, 6) is -0.469. The van der Waals surface area contributed by atoms with E-state index in [1.54, 1.807) is 42.5 Å². The molecule has 7 heteroatoms. The summed E-state index contributed by atoms with van der Waals surface area (Å²) in [5.41, 5.74) is 0.781. The molecule has 2 aromatic carbocycles. The number of halogens is 2. The van der Waals surface area contributed by atoms with Crippen LogP contribution in [0.25, 0.3) is 0 Å². The van der Waals surface area contributed by atoms with Gasteiger partial charge in [0, 0.05) is 5.69 Å². The van der Waals surface area contributed by atoms with Crippen molar-refractivity contribution in [2.75, 3.05) is 5.32 Å². The maximum Gasteiger partial charge on any atom is 0.345 e. The summed E-state index contributed by atoms with van der Waals surface area (Å²) >= 11 is 13.3. The van der Waals surface area contributed by atoms with Crippen LogP contribution in [0.2, 0.25) is 10.0 Å². The Balaban J connectivity index is 1.67. The summed E-state index contributed by atoms with van der Waals surface area (Å²) in [7, 11) is 0. The molecule has 4 nitrogen and oxygen atoms in total. The van der Waals surface area contributed by atoms with Crippen LogP contribution in [0.4, 0.5) is 5.69 Å². The fraction of sp³-hybridized carbons (Fsp3) is 0. The molecule has 0 aliphatic carbocycles. The van der Waals surface area contributed by atoms with Crippen LogP contribution in [0.5, 0.6) is 5.75 Å². The van der Waals surface area contributed by atoms with Gasteiger partial charge in [0.25, 0.3) is 5.91 Å². The second-order valence-electron chi connectivity index (χ2n) is 4.95. The number of benzene rings is 2. The van der Waals surface area contributed by atoms with Gasteiger partial charge in [0.1, 0.15) is 5.75 Å². The summed E-state index contributed by atoms with van der Waals surface area (Å²) in [6.07, 6.45) is 0. The van der Waals surface area contributed by atoms with Crippen LogP contribution < -0.4 is 10.1 Å². The van der Waals surface area contributed by atoms with Crippen LogP contribution in [0.1, 0.15) is 20.0 Å². The first-order chi connectivity index (χ1) is 12.0. The van der Waals surface area contributed by atoms with Crippen LogP contribution in [0.3, 0.4) is 0 Å². The van der Waals surface area contributed by atoms with Gasteiger partial charge in [-0.15, -0.1) is 11.3 Å². The quantitative estimate of drug-likeness (QED) is 0.470. The summed E-state index contributed by atoms with van der Waals surface area (Å²) in [6.45, 7) is 0. The molecular formula is C18H11Cl2NO3S. The van der Waals surface area contributed by atoms with Crippen molar-refractivity contribution in [3.05, 3.63) is 80.5 Å². The molecule has 1 N–H and O–H groups in total. The Labute approximate surface area is 158 Å². The molecule has 0 spiro atoms. The zero-order valence-corrected chi connectivity index (χ0v) is 15.0. The topological polar surface area (TPSA) is 55.4 Å². The highest BCUT2D eigenvalue weighted by molar-refractivity contribution is 7.12. The average molecular weight is 392 g/mol. The van der Waals surface area contributed by atoms with Gasteiger partial charge >= 0.3 is 5.97 Å². The largest absolute Gasteiger partial charge is 0.423 e. The molecule has 0 saturated carbocycles. The number of ether oxygens (including phenoxy) is 1. The van der Waals surface area contributed by atoms with Gasteiger partial charge in [-0.05, 0) is 47.8 Å². The van der Waals surface area contributed by atoms with Gasteiger partial charge in [0.15, 0.2) is 0 Å². The van der Waals surface area contributed by atoms with Crippen molar-refractivity contribution in [2.45, 2.75) is 0 Å². The number of anilines is 1. The van der Waals surface area contributed by atoms with Crippen molar-refractivity contribution in [2.24, 2.45) is 0 Å². The highest BCUT2D eigenvalue weighted by Gasteiger charge is 2.15. The Kier molecular flexibility index (Phi) is 5.38. The second kappa shape index (κ2) is 7.70. The van der Waals surface area contributed by atoms with E-state index in [-0.39, 0.29) is 21.5 Å². The van der Waals surface area contributed by atoms with E-state index in [1.165, 1.54) is 17.4 Å². The zero-order chi connectivity index (χ0) is 17.8. The first-order valence-corrected chi connectivity index (χ1v) is 8.79. The molecule has 1 heterocycles. The molecule has 0 fully saturated rings. The first-order valence-electron chi connectivity index (χ1n) is 7.16. The summed E-state index contributed by atoms with van der Waals surface area (Å²) in [6, 6.07) is 14.8. The predicted octanol–water partition coefficient (Wildman–Crippen LogP) is 5.53. The lowest BCUT2D eigenvalue weighted by Gasteiger charge is -2.08. The normalized spacial score (nSPS) is 10.3. The Morgan fingerprint density at radius 3 is 2.40 bits per heavy atom. The summed E-state index contributed by atoms with van der Waals surface area (Å²) in [4.78, 5) is 24.8. The van der Waals surface area contributed by atoms with Gasteiger partial charge in [-0.25, -0.2) is 4.79 Å². The van der Waals surface area contributed by atoms with Crippen LogP contribution in [-0.4, -0.2) is 11.9 Å². The molecule has 126 valence electrons. The van der Waals surface area contributed by atoms with Gasteiger partial charge in [0.2, 0.25) is 0 Å². The van der Waals surface area contributed by atoms with E-state index in [1.807, 2.05) is 11.4 Å². The molecule has 0 saturated heterocycles. The Morgan fingerprint density at radius 1 is 0.960 bits per heavy atom. The lowest BCUT2D eigenvalue weighted by atomic mass is 10.2. The van der Waals surface area contributed by atoms with Gasteiger partial charge in [0.05, 0.1) is 20.5 Å². The van der Waals surface area contributed by atoms with E-state index in [4.69, 9.17) is 27.9 Å². The van der Waals surface area contributed by atoms with Crippen molar-refractivity contribution in [1.82, 2.24) is 0 Å². The fourth-order valence-electron chi connectivity index (χ4n) is 2.03. The van der Waals surface area contributed by atoms with Crippen LogP contribution >= 0.6 is 34.5 Å². The molecule has 3 rings (SSSR count). The molecule has 0 atom stereocenters. The van der Waals surface area contributed by atoms with Crippen LogP contribution in [0, 0.1) is 0 Å². The minimum absolute atomic E-state index is 0.147. The van der Waals surface area contributed by atoms with Gasteiger partial charge < -0.3 is 10.1 Å².